The Morgan fingerprint density at radius 3 is 2.48 bits per heavy atom. The minimum absolute atomic E-state index is 0. The Labute approximate surface area is 203 Å². The van der Waals surface area contributed by atoms with E-state index in [9.17, 15) is 4.79 Å². The summed E-state index contributed by atoms with van der Waals surface area (Å²) in [6.07, 6.45) is 3.07. The van der Waals surface area contributed by atoms with Crippen molar-refractivity contribution in [3.63, 3.8) is 0 Å². The fourth-order valence-corrected chi connectivity index (χ4v) is 5.20. The van der Waals surface area contributed by atoms with Gasteiger partial charge >= 0.3 is 5.69 Å². The fraction of sp³-hybridized carbons (Fsp3) is 0.476. The molecule has 0 saturated carbocycles. The Hall–Kier alpha value is -2.08. The molecule has 0 unspecified atom stereocenters. The first-order valence-electron chi connectivity index (χ1n) is 10.7. The average molecular weight is 545 g/mol. The lowest BCUT2D eigenvalue weighted by Crippen LogP contribution is -2.55. The minimum atomic E-state index is -3.09. The molecule has 1 aromatic carbocycles. The predicted octanol–water partition coefficient (Wildman–Crippen LogP) is 2.98. The Morgan fingerprint density at radius 2 is 1.82 bits per heavy atom. The van der Waals surface area contributed by atoms with E-state index in [0.29, 0.717) is 12.2 Å². The van der Waals surface area contributed by atoms with Crippen molar-refractivity contribution in [1.29, 1.82) is 0 Å². The number of nitrogens with zero attached hydrogens (tertiary/aromatic N) is 5. The van der Waals surface area contributed by atoms with Crippen molar-refractivity contribution in [3.05, 3.63) is 45.5 Å². The van der Waals surface area contributed by atoms with E-state index in [1.807, 2.05) is 4.90 Å². The number of fused-ring (bicyclic) bond motifs is 1. The monoisotopic (exact) mass is 543 g/mol. The first-order valence-corrected chi connectivity index (χ1v) is 11.5. The van der Waals surface area contributed by atoms with Gasteiger partial charge in [-0.1, -0.05) is 15.9 Å². The third-order valence-electron chi connectivity index (χ3n) is 6.49. The highest BCUT2D eigenvalue weighted by molar-refractivity contribution is 9.10. The maximum absolute atomic E-state index is 15.5. The van der Waals surface area contributed by atoms with Gasteiger partial charge in [-0.05, 0) is 56.6 Å². The largest absolute Gasteiger partial charge is 0.382 e. The second kappa shape index (κ2) is 9.28. The van der Waals surface area contributed by atoms with Gasteiger partial charge in [-0.15, -0.1) is 12.4 Å². The maximum atomic E-state index is 15.5. The Balaban J connectivity index is 0.00000259. The summed E-state index contributed by atoms with van der Waals surface area (Å²) >= 11 is 3.37. The molecule has 4 heterocycles. The van der Waals surface area contributed by atoms with Crippen LogP contribution in [-0.4, -0.2) is 62.1 Å². The van der Waals surface area contributed by atoms with E-state index in [4.69, 9.17) is 5.73 Å². The number of piperidine rings is 2. The van der Waals surface area contributed by atoms with Gasteiger partial charge in [0.2, 0.25) is 0 Å². The van der Waals surface area contributed by atoms with Crippen LogP contribution in [0.5, 0.6) is 0 Å². The number of aromatic nitrogens is 4. The summed E-state index contributed by atoms with van der Waals surface area (Å²) in [6.45, 7) is 1.81. The van der Waals surface area contributed by atoms with Crippen LogP contribution in [-0.2, 0) is 0 Å². The highest BCUT2D eigenvalue weighted by Gasteiger charge is 2.48. The van der Waals surface area contributed by atoms with Gasteiger partial charge in [0.25, 0.3) is 5.92 Å². The molecule has 0 amide bonds. The molecule has 0 bridgehead atoms. The van der Waals surface area contributed by atoms with Crippen molar-refractivity contribution >= 4 is 45.3 Å². The molecule has 3 aromatic rings. The Bertz CT molecular complexity index is 1190. The van der Waals surface area contributed by atoms with Crippen LogP contribution in [0.4, 0.5) is 14.6 Å². The topological polar surface area (TPSA) is 94.0 Å². The molecule has 2 aromatic heterocycles. The molecule has 2 fully saturated rings. The van der Waals surface area contributed by atoms with E-state index in [1.165, 1.54) is 10.9 Å². The summed E-state index contributed by atoms with van der Waals surface area (Å²) in [6, 6.07) is 5.83. The third kappa shape index (κ3) is 4.27. The van der Waals surface area contributed by atoms with Crippen molar-refractivity contribution in [2.24, 2.45) is 0 Å². The molecule has 2 aliphatic rings. The third-order valence-corrected chi connectivity index (χ3v) is 7.02. The Kier molecular flexibility index (Phi) is 6.77. The number of hydrogen-bond donors (Lipinski definition) is 2. The Morgan fingerprint density at radius 1 is 1.12 bits per heavy atom. The molecule has 3 N–H and O–H groups in total. The highest BCUT2D eigenvalue weighted by atomic mass is 79.9. The molecule has 0 aliphatic carbocycles. The molecule has 8 nitrogen and oxygen atoms in total. The van der Waals surface area contributed by atoms with Crippen molar-refractivity contribution in [3.8, 4) is 5.69 Å². The number of likely N-dealkylation sites (tertiary alicyclic amines) is 1. The standard InChI is InChI=1S/C21H24BrF2N7O.ClH/c22-13-1-3-15(4-2-13)30-17-18(25)27-12-28-19(17)31(20(30)32)16-7-10-29(11-21(16,23)24)14-5-8-26-9-6-14;/h1-4,12,14,16,26H,5-11H2,(H2,25,27,28);1H/t16-;/m1./s1. The van der Waals surface area contributed by atoms with Gasteiger partial charge < -0.3 is 11.1 Å². The number of imidazole rings is 1. The summed E-state index contributed by atoms with van der Waals surface area (Å²) in [7, 11) is 0. The molecule has 2 aliphatic heterocycles. The zero-order valence-corrected chi connectivity index (χ0v) is 20.2. The molecule has 178 valence electrons. The summed E-state index contributed by atoms with van der Waals surface area (Å²) in [5.74, 6) is -3.02. The fourth-order valence-electron chi connectivity index (χ4n) is 4.93. The van der Waals surface area contributed by atoms with Gasteiger partial charge in [0.1, 0.15) is 17.9 Å². The van der Waals surface area contributed by atoms with Crippen LogP contribution < -0.4 is 16.7 Å². The van der Waals surface area contributed by atoms with Crippen molar-refractivity contribution < 1.29 is 8.78 Å². The molecule has 0 radical (unpaired) electrons. The molecule has 33 heavy (non-hydrogen) atoms. The van der Waals surface area contributed by atoms with E-state index in [-0.39, 0.29) is 48.4 Å². The zero-order chi connectivity index (χ0) is 22.5. The van der Waals surface area contributed by atoms with Crippen LogP contribution in [0.3, 0.4) is 0 Å². The van der Waals surface area contributed by atoms with E-state index in [0.717, 1.165) is 35.0 Å². The molecular weight excluding hydrogens is 520 g/mol. The SMILES string of the molecule is Cl.Nc1ncnc2c1n(-c1ccc(Br)cc1)c(=O)n2[C@@H]1CCN(C2CCNCC2)CC1(F)F. The first-order chi connectivity index (χ1) is 15.4. The van der Waals surface area contributed by atoms with Gasteiger partial charge in [-0.25, -0.2) is 23.5 Å². The second-order valence-corrected chi connectivity index (χ2v) is 9.33. The van der Waals surface area contributed by atoms with Crippen molar-refractivity contribution in [1.82, 2.24) is 29.3 Å². The molecule has 5 rings (SSSR count). The van der Waals surface area contributed by atoms with Crippen LogP contribution in [0.2, 0.25) is 0 Å². The number of alkyl halides is 2. The number of nitrogens with two attached hydrogens (primary N) is 1. The second-order valence-electron chi connectivity index (χ2n) is 8.41. The van der Waals surface area contributed by atoms with Crippen molar-refractivity contribution in [2.75, 3.05) is 31.9 Å². The molecule has 12 heteroatoms. The smallest absolute Gasteiger partial charge is 0.335 e. The molecule has 0 spiro atoms. The lowest BCUT2D eigenvalue weighted by molar-refractivity contribution is -0.114. The van der Waals surface area contributed by atoms with Gasteiger partial charge in [0, 0.05) is 17.1 Å². The number of hydrogen-bond acceptors (Lipinski definition) is 6. The van der Waals surface area contributed by atoms with Gasteiger partial charge in [0.05, 0.1) is 12.2 Å². The summed E-state index contributed by atoms with van der Waals surface area (Å²) < 4.78 is 34.3. The van der Waals surface area contributed by atoms with Crippen LogP contribution in [0.15, 0.2) is 39.9 Å². The molecular formula is C21H25BrClF2N7O. The first kappa shape index (κ1) is 24.1. The lowest BCUT2D eigenvalue weighted by atomic mass is 9.96. The van der Waals surface area contributed by atoms with E-state index in [1.54, 1.807) is 24.3 Å². The lowest BCUT2D eigenvalue weighted by Gasteiger charge is -2.43. The molecule has 1 atom stereocenters. The zero-order valence-electron chi connectivity index (χ0n) is 17.8. The average Bonchev–Trinajstić information content (AvgIpc) is 3.07. The highest BCUT2D eigenvalue weighted by Crippen LogP contribution is 2.39. The van der Waals surface area contributed by atoms with Gasteiger partial charge in [-0.2, -0.15) is 0 Å². The van der Waals surface area contributed by atoms with Crippen LogP contribution in [0, 0.1) is 0 Å². The number of nitrogens with one attached hydrogen (secondary N) is 1. The van der Waals surface area contributed by atoms with Gasteiger partial charge in [0.15, 0.2) is 11.5 Å². The van der Waals surface area contributed by atoms with E-state index >= 15 is 8.78 Å². The van der Waals surface area contributed by atoms with Crippen LogP contribution in [0.1, 0.15) is 25.3 Å². The normalized spacial score (nSPS) is 21.7. The summed E-state index contributed by atoms with van der Waals surface area (Å²) in [5, 5.41) is 3.27. The minimum Gasteiger partial charge on any atom is -0.382 e. The maximum Gasteiger partial charge on any atom is 0.335 e. The number of rotatable bonds is 3. The molecule has 2 saturated heterocycles. The van der Waals surface area contributed by atoms with Gasteiger partial charge in [-0.3, -0.25) is 14.0 Å². The summed E-state index contributed by atoms with van der Waals surface area (Å²) in [4.78, 5) is 23.6. The van der Waals surface area contributed by atoms with E-state index in [2.05, 4.69) is 31.2 Å². The van der Waals surface area contributed by atoms with Crippen molar-refractivity contribution in [2.45, 2.75) is 37.3 Å². The number of benzene rings is 1. The predicted molar refractivity (Wildman–Crippen MR) is 129 cm³/mol. The number of halogens is 4. The number of anilines is 1. The summed E-state index contributed by atoms with van der Waals surface area (Å²) in [5.41, 5.74) is 6.39. The number of nitrogen functional groups attached to an aromatic ring is 1. The van der Waals surface area contributed by atoms with Crippen LogP contribution >= 0.6 is 28.3 Å². The van der Waals surface area contributed by atoms with E-state index < -0.39 is 17.7 Å². The quantitative estimate of drug-likeness (QED) is 0.527. The van der Waals surface area contributed by atoms with Crippen LogP contribution in [0.25, 0.3) is 16.9 Å².